The summed E-state index contributed by atoms with van der Waals surface area (Å²) in [5.74, 6) is 2.28. The first-order valence-electron chi connectivity index (χ1n) is 6.99. The highest BCUT2D eigenvalue weighted by molar-refractivity contribution is 8.00. The van der Waals surface area contributed by atoms with Crippen LogP contribution in [-0.4, -0.2) is 41.6 Å². The van der Waals surface area contributed by atoms with Gasteiger partial charge in [0, 0.05) is 42.2 Å². The average molecular weight is 278 g/mol. The van der Waals surface area contributed by atoms with Gasteiger partial charge < -0.3 is 10.1 Å². The van der Waals surface area contributed by atoms with Gasteiger partial charge in [-0.05, 0) is 19.9 Å². The molecule has 0 unspecified atom stereocenters. The minimum Gasteiger partial charge on any atom is -0.489 e. The third kappa shape index (κ3) is 3.00. The molecule has 4 heteroatoms. The number of hydrogen-bond acceptors (Lipinski definition) is 4. The number of fused-ring (bicyclic) bond motifs is 1. The van der Waals surface area contributed by atoms with Gasteiger partial charge in [0.1, 0.15) is 12.4 Å². The molecule has 0 atom stereocenters. The van der Waals surface area contributed by atoms with Gasteiger partial charge in [0.05, 0.1) is 5.69 Å². The smallest absolute Gasteiger partial charge is 0.146 e. The van der Waals surface area contributed by atoms with Gasteiger partial charge in [0.2, 0.25) is 0 Å². The van der Waals surface area contributed by atoms with E-state index in [1.54, 1.807) is 0 Å². The van der Waals surface area contributed by atoms with E-state index in [0.29, 0.717) is 4.75 Å². The maximum Gasteiger partial charge on any atom is 0.146 e. The number of benzene rings is 1. The molecule has 104 valence electrons. The second-order valence-corrected chi connectivity index (χ2v) is 7.69. The van der Waals surface area contributed by atoms with E-state index in [0.717, 1.165) is 37.7 Å². The summed E-state index contributed by atoms with van der Waals surface area (Å²) >= 11 is 2.08. The predicted octanol–water partition coefficient (Wildman–Crippen LogP) is 2.82. The van der Waals surface area contributed by atoms with Gasteiger partial charge in [-0.3, -0.25) is 4.90 Å². The summed E-state index contributed by atoms with van der Waals surface area (Å²) in [7, 11) is 0. The van der Waals surface area contributed by atoms with Crippen LogP contribution in [0.4, 0.5) is 5.69 Å². The SMILES string of the molecule is CC1(C)CN(Cc2cccc3c2OCCN3)CCS1. The zero-order valence-corrected chi connectivity index (χ0v) is 12.6. The molecule has 0 spiro atoms. The van der Waals surface area contributed by atoms with E-state index in [9.17, 15) is 0 Å². The monoisotopic (exact) mass is 278 g/mol. The van der Waals surface area contributed by atoms with E-state index in [2.05, 4.69) is 54.0 Å². The first-order chi connectivity index (χ1) is 9.14. The van der Waals surface area contributed by atoms with Gasteiger partial charge in [-0.1, -0.05) is 12.1 Å². The molecule has 2 aliphatic heterocycles. The number of para-hydroxylation sites is 1. The normalized spacial score (nSPS) is 22.2. The van der Waals surface area contributed by atoms with Crippen molar-refractivity contribution in [1.82, 2.24) is 4.90 Å². The molecule has 3 rings (SSSR count). The molecule has 19 heavy (non-hydrogen) atoms. The minimum absolute atomic E-state index is 0.367. The molecule has 3 nitrogen and oxygen atoms in total. The summed E-state index contributed by atoms with van der Waals surface area (Å²) < 4.78 is 6.22. The first kappa shape index (κ1) is 13.1. The van der Waals surface area contributed by atoms with Crippen LogP contribution in [0.25, 0.3) is 0 Å². The molecule has 1 saturated heterocycles. The van der Waals surface area contributed by atoms with Crippen molar-refractivity contribution in [1.29, 1.82) is 0 Å². The molecule has 0 bridgehead atoms. The fraction of sp³-hybridized carbons (Fsp3) is 0.600. The standard InChI is InChI=1S/C15H22N2OS/c1-15(2)11-17(7-9-19-15)10-12-4-3-5-13-14(12)18-8-6-16-13/h3-5,16H,6-11H2,1-2H3. The quantitative estimate of drug-likeness (QED) is 0.899. The van der Waals surface area contributed by atoms with Crippen LogP contribution in [0.2, 0.25) is 0 Å². The average Bonchev–Trinajstić information content (AvgIpc) is 2.38. The number of nitrogens with zero attached hydrogens (tertiary/aromatic N) is 1. The van der Waals surface area contributed by atoms with E-state index in [1.165, 1.54) is 17.9 Å². The molecule has 1 N–H and O–H groups in total. The lowest BCUT2D eigenvalue weighted by atomic mass is 10.1. The molecular weight excluding hydrogens is 256 g/mol. The number of thioether (sulfide) groups is 1. The van der Waals surface area contributed by atoms with Crippen LogP contribution < -0.4 is 10.1 Å². The Morgan fingerprint density at radius 1 is 1.42 bits per heavy atom. The van der Waals surface area contributed by atoms with Crippen molar-refractivity contribution < 1.29 is 4.74 Å². The second-order valence-electron chi connectivity index (χ2n) is 5.89. The second kappa shape index (κ2) is 5.25. The Kier molecular flexibility index (Phi) is 3.63. The molecule has 0 radical (unpaired) electrons. The zero-order chi connectivity index (χ0) is 13.3. The van der Waals surface area contributed by atoms with E-state index >= 15 is 0 Å². The van der Waals surface area contributed by atoms with Crippen molar-refractivity contribution in [2.24, 2.45) is 0 Å². The summed E-state index contributed by atoms with van der Waals surface area (Å²) in [5, 5.41) is 3.41. The van der Waals surface area contributed by atoms with Crippen LogP contribution in [0.15, 0.2) is 18.2 Å². The first-order valence-corrected chi connectivity index (χ1v) is 7.97. The van der Waals surface area contributed by atoms with Crippen molar-refractivity contribution in [3.05, 3.63) is 23.8 Å². The molecule has 0 aliphatic carbocycles. The van der Waals surface area contributed by atoms with Crippen LogP contribution >= 0.6 is 11.8 Å². The van der Waals surface area contributed by atoms with E-state index < -0.39 is 0 Å². The summed E-state index contributed by atoms with van der Waals surface area (Å²) in [4.78, 5) is 2.55. The Morgan fingerprint density at radius 3 is 3.16 bits per heavy atom. The zero-order valence-electron chi connectivity index (χ0n) is 11.7. The maximum atomic E-state index is 5.85. The molecule has 0 saturated carbocycles. The molecule has 0 amide bonds. The molecule has 2 aliphatic rings. The van der Waals surface area contributed by atoms with E-state index in [1.807, 2.05) is 0 Å². The van der Waals surface area contributed by atoms with Crippen LogP contribution in [0.1, 0.15) is 19.4 Å². The number of nitrogens with one attached hydrogen (secondary N) is 1. The van der Waals surface area contributed by atoms with Gasteiger partial charge >= 0.3 is 0 Å². The topological polar surface area (TPSA) is 24.5 Å². The maximum absolute atomic E-state index is 5.85. The molecule has 1 aromatic carbocycles. The molecule has 0 aromatic heterocycles. The van der Waals surface area contributed by atoms with Crippen LogP contribution in [0.3, 0.4) is 0 Å². The number of rotatable bonds is 2. The van der Waals surface area contributed by atoms with E-state index in [4.69, 9.17) is 4.74 Å². The fourth-order valence-electron chi connectivity index (χ4n) is 2.85. The van der Waals surface area contributed by atoms with Crippen molar-refractivity contribution in [3.8, 4) is 5.75 Å². The van der Waals surface area contributed by atoms with Crippen molar-refractivity contribution >= 4 is 17.4 Å². The van der Waals surface area contributed by atoms with Crippen LogP contribution in [0.5, 0.6) is 5.75 Å². The molecular formula is C15H22N2OS. The van der Waals surface area contributed by atoms with Crippen molar-refractivity contribution in [2.75, 3.05) is 37.3 Å². The van der Waals surface area contributed by atoms with Crippen molar-refractivity contribution in [2.45, 2.75) is 25.1 Å². The van der Waals surface area contributed by atoms with Gasteiger partial charge in [-0.15, -0.1) is 0 Å². The van der Waals surface area contributed by atoms with E-state index in [-0.39, 0.29) is 0 Å². The highest BCUT2D eigenvalue weighted by Crippen LogP contribution is 2.34. The summed E-state index contributed by atoms with van der Waals surface area (Å²) in [6, 6.07) is 6.42. The van der Waals surface area contributed by atoms with Gasteiger partial charge in [-0.2, -0.15) is 11.8 Å². The van der Waals surface area contributed by atoms with Crippen molar-refractivity contribution in [3.63, 3.8) is 0 Å². The lowest BCUT2D eigenvalue weighted by Gasteiger charge is -2.38. The lowest BCUT2D eigenvalue weighted by molar-refractivity contribution is 0.244. The summed E-state index contributed by atoms with van der Waals surface area (Å²) in [5.41, 5.74) is 2.46. The summed E-state index contributed by atoms with van der Waals surface area (Å²) in [6.45, 7) is 9.66. The molecule has 1 fully saturated rings. The van der Waals surface area contributed by atoms with Crippen LogP contribution in [0, 0.1) is 0 Å². The Hall–Kier alpha value is -0.870. The largest absolute Gasteiger partial charge is 0.489 e. The third-order valence-corrected chi connectivity index (χ3v) is 4.96. The number of ether oxygens (including phenoxy) is 1. The Labute approximate surface area is 119 Å². The van der Waals surface area contributed by atoms with Gasteiger partial charge in [0.15, 0.2) is 0 Å². The van der Waals surface area contributed by atoms with Gasteiger partial charge in [-0.25, -0.2) is 0 Å². The Bertz CT molecular complexity index is 461. The lowest BCUT2D eigenvalue weighted by Crippen LogP contribution is -2.42. The minimum atomic E-state index is 0.367. The number of hydrogen-bond donors (Lipinski definition) is 1. The highest BCUT2D eigenvalue weighted by Gasteiger charge is 2.27. The number of anilines is 1. The third-order valence-electron chi connectivity index (χ3n) is 3.66. The van der Waals surface area contributed by atoms with Gasteiger partial charge in [0.25, 0.3) is 0 Å². The molecule has 2 heterocycles. The Balaban J connectivity index is 1.76. The predicted molar refractivity (Wildman–Crippen MR) is 82.2 cm³/mol. The summed E-state index contributed by atoms with van der Waals surface area (Å²) in [6.07, 6.45) is 0. The Morgan fingerprint density at radius 2 is 2.32 bits per heavy atom. The fourth-order valence-corrected chi connectivity index (χ4v) is 4.02. The molecule has 1 aromatic rings. The highest BCUT2D eigenvalue weighted by atomic mass is 32.2. The van der Waals surface area contributed by atoms with Crippen LogP contribution in [-0.2, 0) is 6.54 Å².